The first-order chi connectivity index (χ1) is 11.6. The monoisotopic (exact) mass is 339 g/mol. The van der Waals surface area contributed by atoms with Gasteiger partial charge in [0.2, 0.25) is 0 Å². The van der Waals surface area contributed by atoms with Crippen LogP contribution in [0.4, 0.5) is 0 Å². The lowest BCUT2D eigenvalue weighted by Gasteiger charge is -2.16. The number of nitrogens with zero attached hydrogens (tertiary/aromatic N) is 1. The fourth-order valence-corrected chi connectivity index (χ4v) is 3.39. The number of hydrogen-bond acceptors (Lipinski definition) is 3. The van der Waals surface area contributed by atoms with Crippen molar-refractivity contribution in [2.75, 3.05) is 6.61 Å². The van der Waals surface area contributed by atoms with Gasteiger partial charge in [-0.05, 0) is 31.2 Å². The summed E-state index contributed by atoms with van der Waals surface area (Å²) in [6.45, 7) is 2.33. The third-order valence-electron chi connectivity index (χ3n) is 4.10. The Labute approximate surface area is 142 Å². The lowest BCUT2D eigenvalue weighted by atomic mass is 10.1. The number of para-hydroxylation sites is 1. The van der Waals surface area contributed by atoms with Crippen LogP contribution in [0.3, 0.4) is 0 Å². The van der Waals surface area contributed by atoms with E-state index in [0.717, 1.165) is 0 Å². The average Bonchev–Trinajstić information content (AvgIpc) is 2.58. The van der Waals surface area contributed by atoms with Gasteiger partial charge in [-0.1, -0.05) is 23.7 Å². The summed E-state index contributed by atoms with van der Waals surface area (Å²) in [5.74, 6) is 0.623. The zero-order valence-electron chi connectivity index (χ0n) is 12.9. The maximum Gasteiger partial charge on any atom is 0.190 e. The van der Waals surface area contributed by atoms with E-state index in [2.05, 4.69) is 0 Å². The van der Waals surface area contributed by atoms with Gasteiger partial charge in [0.1, 0.15) is 17.0 Å². The topological polar surface area (TPSA) is 50.9 Å². The Morgan fingerprint density at radius 2 is 1.96 bits per heavy atom. The predicted octanol–water partition coefficient (Wildman–Crippen LogP) is 4.36. The van der Waals surface area contributed by atoms with Crippen LogP contribution in [0.25, 0.3) is 27.3 Å². The van der Waals surface area contributed by atoms with Gasteiger partial charge in [0, 0.05) is 17.5 Å². The first kappa shape index (κ1) is 14.8. The molecule has 5 heteroatoms. The third kappa shape index (κ3) is 2.03. The minimum atomic E-state index is -0.0751. The van der Waals surface area contributed by atoms with Crippen molar-refractivity contribution in [3.63, 3.8) is 0 Å². The second kappa shape index (κ2) is 5.42. The lowest BCUT2D eigenvalue weighted by Crippen LogP contribution is -2.06. The van der Waals surface area contributed by atoms with Crippen LogP contribution in [0, 0.1) is 0 Å². The lowest BCUT2D eigenvalue weighted by molar-refractivity contribution is 0.344. The Morgan fingerprint density at radius 1 is 1.17 bits per heavy atom. The van der Waals surface area contributed by atoms with E-state index >= 15 is 0 Å². The first-order valence-electron chi connectivity index (χ1n) is 7.63. The van der Waals surface area contributed by atoms with Crippen LogP contribution >= 0.6 is 11.6 Å². The van der Waals surface area contributed by atoms with Gasteiger partial charge in [-0.3, -0.25) is 4.79 Å². The number of aromatic hydroxyl groups is 1. The third-order valence-corrected chi connectivity index (χ3v) is 4.42. The number of hydrogen-bond donors (Lipinski definition) is 1. The number of phenols is 1. The van der Waals surface area contributed by atoms with Crippen molar-refractivity contribution in [1.29, 1.82) is 0 Å². The summed E-state index contributed by atoms with van der Waals surface area (Å²) < 4.78 is 7.55. The molecule has 0 aliphatic heterocycles. The fraction of sp³-hybridized carbons (Fsp3) is 0.105. The van der Waals surface area contributed by atoms with Crippen LogP contribution in [0.2, 0.25) is 5.02 Å². The highest BCUT2D eigenvalue weighted by Crippen LogP contribution is 2.39. The van der Waals surface area contributed by atoms with Gasteiger partial charge < -0.3 is 14.2 Å². The van der Waals surface area contributed by atoms with Crippen LogP contribution in [0.5, 0.6) is 11.5 Å². The van der Waals surface area contributed by atoms with E-state index in [1.807, 2.05) is 29.5 Å². The standard InChI is InChI=1S/C19H14ClNO3/c1-2-24-17-10-11-9-16(23)12-5-3-4-6-14(12)21(11)19-15(22)8-7-13(20)18(17)19/h3-10,22H,2H2,1H3. The van der Waals surface area contributed by atoms with Gasteiger partial charge in [-0.15, -0.1) is 0 Å². The highest BCUT2D eigenvalue weighted by atomic mass is 35.5. The molecule has 2 aromatic carbocycles. The Morgan fingerprint density at radius 3 is 2.75 bits per heavy atom. The zero-order valence-corrected chi connectivity index (χ0v) is 13.7. The second-order valence-corrected chi connectivity index (χ2v) is 5.92. The average molecular weight is 340 g/mol. The van der Waals surface area contributed by atoms with Crippen LogP contribution in [0.1, 0.15) is 6.92 Å². The molecule has 2 aromatic heterocycles. The van der Waals surface area contributed by atoms with Crippen LogP contribution in [-0.2, 0) is 0 Å². The summed E-state index contributed by atoms with van der Waals surface area (Å²) in [5, 5.41) is 12.2. The Balaban J connectivity index is 2.38. The van der Waals surface area contributed by atoms with E-state index < -0.39 is 0 Å². The molecule has 0 atom stereocenters. The molecule has 0 saturated heterocycles. The van der Waals surface area contributed by atoms with Crippen molar-refractivity contribution in [2.24, 2.45) is 0 Å². The summed E-state index contributed by atoms with van der Waals surface area (Å²) in [4.78, 5) is 12.4. The van der Waals surface area contributed by atoms with Crippen molar-refractivity contribution in [3.8, 4) is 11.5 Å². The van der Waals surface area contributed by atoms with E-state index in [1.54, 1.807) is 30.3 Å². The molecule has 120 valence electrons. The minimum absolute atomic E-state index is 0.0751. The summed E-state index contributed by atoms with van der Waals surface area (Å²) in [6, 6.07) is 13.8. The van der Waals surface area contributed by atoms with E-state index in [1.165, 1.54) is 0 Å². The summed E-state index contributed by atoms with van der Waals surface area (Å²) in [5.41, 5.74) is 1.81. The van der Waals surface area contributed by atoms with Gasteiger partial charge in [-0.2, -0.15) is 0 Å². The Bertz CT molecular complexity index is 1160. The molecule has 0 aliphatic carbocycles. The smallest absolute Gasteiger partial charge is 0.190 e. The normalized spacial score (nSPS) is 11.4. The summed E-state index contributed by atoms with van der Waals surface area (Å²) in [6.07, 6.45) is 0. The van der Waals surface area contributed by atoms with Crippen molar-refractivity contribution < 1.29 is 9.84 Å². The Hall–Kier alpha value is -2.72. The minimum Gasteiger partial charge on any atom is -0.506 e. The van der Waals surface area contributed by atoms with E-state index in [4.69, 9.17) is 16.3 Å². The van der Waals surface area contributed by atoms with Crippen molar-refractivity contribution in [2.45, 2.75) is 6.92 Å². The molecule has 0 unspecified atom stereocenters. The maximum atomic E-state index is 12.4. The molecular weight excluding hydrogens is 326 g/mol. The number of pyridine rings is 2. The van der Waals surface area contributed by atoms with Crippen molar-refractivity contribution in [1.82, 2.24) is 4.40 Å². The number of rotatable bonds is 2. The van der Waals surface area contributed by atoms with Crippen LogP contribution in [0.15, 0.2) is 53.3 Å². The summed E-state index contributed by atoms with van der Waals surface area (Å²) >= 11 is 6.39. The highest BCUT2D eigenvalue weighted by Gasteiger charge is 2.16. The number of fused-ring (bicyclic) bond motifs is 5. The van der Waals surface area contributed by atoms with Gasteiger partial charge in [0.05, 0.1) is 28.0 Å². The van der Waals surface area contributed by atoms with Gasteiger partial charge in [0.25, 0.3) is 0 Å². The molecule has 2 heterocycles. The van der Waals surface area contributed by atoms with Gasteiger partial charge in [-0.25, -0.2) is 0 Å². The SMILES string of the molecule is CCOc1cc2cc(=O)c3ccccc3n2c2c(O)ccc(Cl)c12. The molecule has 4 nitrogen and oxygen atoms in total. The number of halogens is 1. The molecule has 24 heavy (non-hydrogen) atoms. The Kier molecular flexibility index (Phi) is 3.36. The van der Waals surface area contributed by atoms with Crippen molar-refractivity contribution in [3.05, 3.63) is 63.8 Å². The van der Waals surface area contributed by atoms with E-state index in [9.17, 15) is 9.90 Å². The molecule has 4 aromatic rings. The van der Waals surface area contributed by atoms with E-state index in [0.29, 0.717) is 44.7 Å². The highest BCUT2D eigenvalue weighted by molar-refractivity contribution is 6.36. The predicted molar refractivity (Wildman–Crippen MR) is 96.5 cm³/mol. The largest absolute Gasteiger partial charge is 0.506 e. The number of ether oxygens (including phenoxy) is 1. The quantitative estimate of drug-likeness (QED) is 0.552. The fourth-order valence-electron chi connectivity index (χ4n) is 3.14. The molecule has 0 spiro atoms. The summed E-state index contributed by atoms with van der Waals surface area (Å²) in [7, 11) is 0. The molecule has 0 saturated carbocycles. The van der Waals surface area contributed by atoms with Gasteiger partial charge in [0.15, 0.2) is 5.43 Å². The molecule has 0 fully saturated rings. The second-order valence-electron chi connectivity index (χ2n) is 5.52. The molecule has 1 N–H and O–H groups in total. The molecule has 0 aliphatic rings. The van der Waals surface area contributed by atoms with Crippen LogP contribution in [-0.4, -0.2) is 16.1 Å². The molecule has 0 bridgehead atoms. The zero-order chi connectivity index (χ0) is 16.8. The number of aromatic nitrogens is 1. The number of benzene rings is 2. The van der Waals surface area contributed by atoms with Gasteiger partial charge >= 0.3 is 0 Å². The number of phenolic OH excluding ortho intramolecular Hbond substituents is 1. The molecular formula is C19H14ClNO3. The van der Waals surface area contributed by atoms with Crippen molar-refractivity contribution >= 4 is 38.9 Å². The first-order valence-corrected chi connectivity index (χ1v) is 8.01. The van der Waals surface area contributed by atoms with E-state index in [-0.39, 0.29) is 11.2 Å². The van der Waals surface area contributed by atoms with Crippen LogP contribution < -0.4 is 10.2 Å². The maximum absolute atomic E-state index is 12.4. The molecule has 0 radical (unpaired) electrons. The molecule has 4 rings (SSSR count). The molecule has 0 amide bonds.